The number of methoxy groups -OCH3 is 1. The molecule has 5 aromatic rings. The Balaban J connectivity index is 1.40. The number of hydrogen-bond donors (Lipinski definition) is 3. The number of aliphatic hydroxyl groups is 1. The highest BCUT2D eigenvalue weighted by atomic mass is 19.1. The molecule has 0 radical (unpaired) electrons. The van der Waals surface area contributed by atoms with Crippen molar-refractivity contribution in [3.63, 3.8) is 0 Å². The van der Waals surface area contributed by atoms with E-state index in [4.69, 9.17) is 9.47 Å². The van der Waals surface area contributed by atoms with Crippen molar-refractivity contribution in [3.05, 3.63) is 108 Å². The number of rotatable bonds is 10. The summed E-state index contributed by atoms with van der Waals surface area (Å²) in [5.41, 5.74) is 6.43. The van der Waals surface area contributed by atoms with Crippen molar-refractivity contribution in [1.82, 2.24) is 14.9 Å². The van der Waals surface area contributed by atoms with Crippen LogP contribution in [0.5, 0.6) is 11.5 Å². The van der Waals surface area contributed by atoms with E-state index in [1.807, 2.05) is 48.7 Å². The third-order valence-corrected chi connectivity index (χ3v) is 7.76. The molecular formula is C34H32FN3O4. The van der Waals surface area contributed by atoms with Crippen LogP contribution >= 0.6 is 0 Å². The number of hydrogen-bond acceptors (Lipinski definition) is 4. The molecule has 6 rings (SSSR count). The highest BCUT2D eigenvalue weighted by Crippen LogP contribution is 2.42. The Kier molecular flexibility index (Phi) is 7.54. The van der Waals surface area contributed by atoms with E-state index in [0.29, 0.717) is 54.3 Å². The van der Waals surface area contributed by atoms with Gasteiger partial charge in [0.25, 0.3) is 5.91 Å². The summed E-state index contributed by atoms with van der Waals surface area (Å²) in [7, 11) is 1.60. The van der Waals surface area contributed by atoms with Gasteiger partial charge in [0.1, 0.15) is 12.4 Å². The van der Waals surface area contributed by atoms with Gasteiger partial charge in [0.15, 0.2) is 11.5 Å². The predicted molar refractivity (Wildman–Crippen MR) is 162 cm³/mol. The predicted octanol–water partition coefficient (Wildman–Crippen LogP) is 5.91. The molecule has 1 atom stereocenters. The number of H-pyrrole nitrogens is 1. The highest BCUT2D eigenvalue weighted by molar-refractivity contribution is 6.02. The molecule has 42 heavy (non-hydrogen) atoms. The van der Waals surface area contributed by atoms with Crippen LogP contribution in [-0.2, 0) is 19.4 Å². The lowest BCUT2D eigenvalue weighted by molar-refractivity contribution is 0.0917. The van der Waals surface area contributed by atoms with Gasteiger partial charge in [-0.15, -0.1) is 0 Å². The van der Waals surface area contributed by atoms with Crippen molar-refractivity contribution in [2.24, 2.45) is 0 Å². The van der Waals surface area contributed by atoms with Gasteiger partial charge in [0.05, 0.1) is 31.0 Å². The van der Waals surface area contributed by atoms with Gasteiger partial charge in [-0.2, -0.15) is 0 Å². The number of nitrogens with zero attached hydrogens (tertiary/aromatic N) is 1. The fraction of sp³-hybridized carbons (Fsp3) is 0.206. The summed E-state index contributed by atoms with van der Waals surface area (Å²) in [4.78, 5) is 17.2. The van der Waals surface area contributed by atoms with E-state index in [0.717, 1.165) is 33.3 Å². The first-order chi connectivity index (χ1) is 20.5. The van der Waals surface area contributed by atoms with E-state index in [2.05, 4.69) is 21.4 Å². The maximum absolute atomic E-state index is 14.4. The molecule has 0 fully saturated rings. The van der Waals surface area contributed by atoms with E-state index in [1.165, 1.54) is 12.1 Å². The second-order valence-electron chi connectivity index (χ2n) is 10.4. The molecule has 3 heterocycles. The van der Waals surface area contributed by atoms with E-state index in [1.54, 1.807) is 25.3 Å². The highest BCUT2D eigenvalue weighted by Gasteiger charge is 2.29. The maximum atomic E-state index is 14.4. The molecule has 1 aliphatic heterocycles. The molecule has 0 spiro atoms. The van der Waals surface area contributed by atoms with Crippen LogP contribution in [0.2, 0.25) is 0 Å². The molecule has 1 aliphatic rings. The molecular weight excluding hydrogens is 533 g/mol. The number of benzene rings is 3. The summed E-state index contributed by atoms with van der Waals surface area (Å²) in [6.07, 6.45) is 4.71. The first kappa shape index (κ1) is 27.4. The normalized spacial score (nSPS) is 12.8. The second-order valence-corrected chi connectivity index (χ2v) is 10.4. The van der Waals surface area contributed by atoms with Gasteiger partial charge < -0.3 is 29.4 Å². The van der Waals surface area contributed by atoms with Crippen molar-refractivity contribution < 1.29 is 23.8 Å². The number of carbonyl (C=O) groups excluding carboxylic acids is 1. The summed E-state index contributed by atoms with van der Waals surface area (Å²) in [5.74, 6) is 0.474. The quantitative estimate of drug-likeness (QED) is 0.184. The summed E-state index contributed by atoms with van der Waals surface area (Å²) >= 11 is 0. The summed E-state index contributed by atoms with van der Waals surface area (Å²) in [5, 5.41) is 14.3. The van der Waals surface area contributed by atoms with Crippen molar-refractivity contribution in [3.8, 4) is 34.0 Å². The number of ether oxygens (including phenoxy) is 2. The molecule has 3 N–H and O–H groups in total. The van der Waals surface area contributed by atoms with Crippen molar-refractivity contribution >= 4 is 16.8 Å². The van der Waals surface area contributed by atoms with E-state index < -0.39 is 6.04 Å². The van der Waals surface area contributed by atoms with Crippen LogP contribution in [0.3, 0.4) is 0 Å². The Morgan fingerprint density at radius 2 is 2.02 bits per heavy atom. The lowest BCUT2D eigenvalue weighted by Crippen LogP contribution is -2.39. The van der Waals surface area contributed by atoms with Gasteiger partial charge in [-0.25, -0.2) is 4.39 Å². The lowest BCUT2D eigenvalue weighted by Gasteiger charge is -2.23. The Hall–Kier alpha value is -4.82. The number of carbonyl (C=O) groups is 1. The number of para-hydroxylation sites is 1. The SMILES string of the molecule is C=CCOc1cc2c(cc1OC)CCn1c-2cc(C(=O)NC(CO)Cc2c[nH]c3ccccc23)c1-c1cccc(F)c1. The second kappa shape index (κ2) is 11.6. The van der Waals surface area contributed by atoms with Crippen LogP contribution < -0.4 is 14.8 Å². The molecule has 3 aromatic carbocycles. The van der Waals surface area contributed by atoms with Gasteiger partial charge in [-0.1, -0.05) is 43.0 Å². The van der Waals surface area contributed by atoms with Crippen LogP contribution in [0, 0.1) is 5.82 Å². The van der Waals surface area contributed by atoms with Crippen molar-refractivity contribution in [2.45, 2.75) is 25.4 Å². The third kappa shape index (κ3) is 5.05. The van der Waals surface area contributed by atoms with Crippen LogP contribution in [0.25, 0.3) is 33.4 Å². The van der Waals surface area contributed by atoms with Gasteiger partial charge >= 0.3 is 0 Å². The zero-order valence-electron chi connectivity index (χ0n) is 23.3. The summed E-state index contributed by atoms with van der Waals surface area (Å²) in [6, 6.07) is 19.4. The number of aliphatic hydroxyl groups excluding tert-OH is 1. The van der Waals surface area contributed by atoms with Gasteiger partial charge in [-0.05, 0) is 60.4 Å². The average molecular weight is 566 g/mol. The molecule has 2 aromatic heterocycles. The number of aromatic amines is 1. The zero-order valence-corrected chi connectivity index (χ0v) is 23.3. The van der Waals surface area contributed by atoms with E-state index in [-0.39, 0.29) is 18.3 Å². The van der Waals surface area contributed by atoms with Crippen LogP contribution in [0.1, 0.15) is 21.5 Å². The summed E-state index contributed by atoms with van der Waals surface area (Å²) < 4.78 is 27.9. The van der Waals surface area contributed by atoms with Crippen LogP contribution in [0.4, 0.5) is 4.39 Å². The molecule has 214 valence electrons. The van der Waals surface area contributed by atoms with Crippen molar-refractivity contribution in [2.75, 3.05) is 20.3 Å². The average Bonchev–Trinajstić information content (AvgIpc) is 3.61. The minimum Gasteiger partial charge on any atom is -0.493 e. The number of aryl methyl sites for hydroxylation is 1. The number of halogens is 1. The number of nitrogens with one attached hydrogen (secondary N) is 2. The van der Waals surface area contributed by atoms with E-state index in [9.17, 15) is 14.3 Å². The lowest BCUT2D eigenvalue weighted by atomic mass is 9.97. The topological polar surface area (TPSA) is 88.5 Å². The number of amides is 1. The monoisotopic (exact) mass is 565 g/mol. The molecule has 0 bridgehead atoms. The Bertz CT molecular complexity index is 1790. The molecule has 0 saturated heterocycles. The zero-order chi connectivity index (χ0) is 29.2. The number of fused-ring (bicyclic) bond motifs is 4. The van der Waals surface area contributed by atoms with Gasteiger partial charge in [0, 0.05) is 40.5 Å². The van der Waals surface area contributed by atoms with Crippen LogP contribution in [0.15, 0.2) is 85.6 Å². The molecule has 0 aliphatic carbocycles. The first-order valence-corrected chi connectivity index (χ1v) is 13.9. The molecule has 1 unspecified atom stereocenters. The molecule has 7 nitrogen and oxygen atoms in total. The Morgan fingerprint density at radius 3 is 2.81 bits per heavy atom. The van der Waals surface area contributed by atoms with Gasteiger partial charge in [-0.3, -0.25) is 4.79 Å². The van der Waals surface area contributed by atoms with Crippen molar-refractivity contribution in [1.29, 1.82) is 0 Å². The third-order valence-electron chi connectivity index (χ3n) is 7.76. The van der Waals surface area contributed by atoms with Crippen LogP contribution in [-0.4, -0.2) is 46.9 Å². The molecule has 1 amide bonds. The maximum Gasteiger partial charge on any atom is 0.253 e. The molecule has 8 heteroatoms. The molecule has 0 saturated carbocycles. The first-order valence-electron chi connectivity index (χ1n) is 13.9. The fourth-order valence-electron chi connectivity index (χ4n) is 5.82. The largest absolute Gasteiger partial charge is 0.493 e. The summed E-state index contributed by atoms with van der Waals surface area (Å²) in [6.45, 7) is 4.41. The smallest absolute Gasteiger partial charge is 0.253 e. The Morgan fingerprint density at radius 1 is 1.17 bits per heavy atom. The minimum atomic E-state index is -0.524. The standard InChI is InChI=1S/C34H32FN3O4/c1-3-13-42-32-18-27-21(16-31(32)41-2)11-12-38-30(27)17-28(33(38)22-7-6-8-24(35)14-22)34(40)37-25(20-39)15-23-19-36-29-10-5-4-9-26(23)29/h3-10,14,16-19,25,36,39H,1,11-13,15,20H2,2H3,(H,37,40). The Labute approximate surface area is 243 Å². The fourth-order valence-corrected chi connectivity index (χ4v) is 5.82. The number of aromatic nitrogens is 2. The van der Waals surface area contributed by atoms with Gasteiger partial charge in [0.2, 0.25) is 0 Å². The van der Waals surface area contributed by atoms with E-state index >= 15 is 0 Å². The minimum absolute atomic E-state index is 0.235.